The predicted molar refractivity (Wildman–Crippen MR) is 82.0 cm³/mol. The van der Waals surface area contributed by atoms with Crippen LogP contribution in [-0.4, -0.2) is 41.3 Å². The molecule has 1 atom stereocenters. The summed E-state index contributed by atoms with van der Waals surface area (Å²) < 4.78 is 5.51. The van der Waals surface area contributed by atoms with E-state index in [4.69, 9.17) is 14.3 Å². The van der Waals surface area contributed by atoms with E-state index in [0.717, 1.165) is 0 Å². The maximum atomic E-state index is 12.5. The van der Waals surface area contributed by atoms with Crippen molar-refractivity contribution in [3.63, 3.8) is 0 Å². The molecule has 0 bridgehead atoms. The average Bonchev–Trinajstić information content (AvgIpc) is 2.23. The van der Waals surface area contributed by atoms with E-state index in [1.807, 2.05) is 13.8 Å². The highest BCUT2D eigenvalue weighted by molar-refractivity contribution is 5.76. The zero-order chi connectivity index (χ0) is 16.7. The first kappa shape index (κ1) is 18.9. The Morgan fingerprint density at radius 1 is 1.00 bits per heavy atom. The van der Waals surface area contributed by atoms with Gasteiger partial charge in [-0.3, -0.25) is 9.69 Å². The fourth-order valence-electron chi connectivity index (χ4n) is 3.16. The Bertz CT molecular complexity index is 366. The molecule has 0 saturated heterocycles. The first-order valence-electron chi connectivity index (χ1n) is 8.39. The molecule has 5 nitrogen and oxygen atoms in total. The summed E-state index contributed by atoms with van der Waals surface area (Å²) in [4.78, 5) is 31.2. The number of ether oxygens (including phenoxy) is 1. The summed E-state index contributed by atoms with van der Waals surface area (Å²) in [6.07, 6.45) is 7.90. The predicted octanol–water partition coefficient (Wildman–Crippen LogP) is 2.79. The van der Waals surface area contributed by atoms with Crippen molar-refractivity contribution in [2.24, 2.45) is 5.92 Å². The molecule has 2 rings (SSSR count). The minimum atomic E-state index is -0.0435. The minimum Gasteiger partial charge on any atom is -0.462 e. The van der Waals surface area contributed by atoms with E-state index in [1.165, 1.54) is 38.5 Å². The molecular formula is C17H29NO4. The van der Waals surface area contributed by atoms with E-state index >= 15 is 0 Å². The Labute approximate surface area is 133 Å². The Kier molecular flexibility index (Phi) is 7.77. The summed E-state index contributed by atoms with van der Waals surface area (Å²) in [7, 11) is 0. The molecule has 22 heavy (non-hydrogen) atoms. The van der Waals surface area contributed by atoms with Gasteiger partial charge in [0.15, 0.2) is 0 Å². The number of carbonyl (C=O) groups is 1. The van der Waals surface area contributed by atoms with Crippen LogP contribution in [0, 0.1) is 5.92 Å². The van der Waals surface area contributed by atoms with Crippen LogP contribution >= 0.6 is 0 Å². The maximum Gasteiger partial charge on any atom is 0.373 e. The van der Waals surface area contributed by atoms with Crippen LogP contribution in [0.1, 0.15) is 66.2 Å². The van der Waals surface area contributed by atoms with Crippen molar-refractivity contribution < 1.29 is 19.1 Å². The summed E-state index contributed by atoms with van der Waals surface area (Å²) in [5.74, 6) is 0.316. The Balaban J connectivity index is 0.000000745. The first-order valence-corrected chi connectivity index (χ1v) is 8.39. The van der Waals surface area contributed by atoms with Crippen molar-refractivity contribution in [3.8, 4) is 0 Å². The lowest BCUT2D eigenvalue weighted by Gasteiger charge is -2.50. The number of carbonyl (C=O) groups excluding carboxylic acids is 3. The molecular weight excluding hydrogens is 282 g/mol. The van der Waals surface area contributed by atoms with Crippen LogP contribution in [-0.2, 0) is 19.1 Å². The second-order valence-electron chi connectivity index (χ2n) is 6.87. The largest absolute Gasteiger partial charge is 0.462 e. The number of esters is 1. The van der Waals surface area contributed by atoms with E-state index in [2.05, 4.69) is 18.7 Å². The topological polar surface area (TPSA) is 63.7 Å². The molecule has 0 heterocycles. The van der Waals surface area contributed by atoms with Crippen LogP contribution in [0.4, 0.5) is 0 Å². The first-order chi connectivity index (χ1) is 10.4. The molecule has 0 aromatic carbocycles. The van der Waals surface area contributed by atoms with Gasteiger partial charge in [-0.2, -0.15) is 9.59 Å². The van der Waals surface area contributed by atoms with Gasteiger partial charge in [-0.05, 0) is 45.4 Å². The molecule has 0 radical (unpaired) electrons. The lowest BCUT2D eigenvalue weighted by molar-refractivity contribution is -0.191. The Hall–Kier alpha value is -1.19. The average molecular weight is 311 g/mol. The highest BCUT2D eigenvalue weighted by atomic mass is 16.5. The fourth-order valence-corrected chi connectivity index (χ4v) is 3.16. The summed E-state index contributed by atoms with van der Waals surface area (Å²) in [6.45, 7) is 8.17. The molecule has 2 fully saturated rings. The molecule has 5 heteroatoms. The quantitative estimate of drug-likeness (QED) is 0.706. The lowest BCUT2D eigenvalue weighted by atomic mass is 9.81. The molecule has 0 aromatic heterocycles. The number of hydrogen-bond acceptors (Lipinski definition) is 5. The molecule has 126 valence electrons. The molecule has 2 aliphatic rings. The van der Waals surface area contributed by atoms with Crippen LogP contribution in [0.3, 0.4) is 0 Å². The van der Waals surface area contributed by atoms with Crippen LogP contribution in [0.25, 0.3) is 0 Å². The maximum absolute atomic E-state index is 12.5. The van der Waals surface area contributed by atoms with Crippen molar-refractivity contribution in [3.05, 3.63) is 0 Å². The Morgan fingerprint density at radius 2 is 1.41 bits per heavy atom. The van der Waals surface area contributed by atoms with E-state index < -0.39 is 0 Å². The summed E-state index contributed by atoms with van der Waals surface area (Å²) in [5.41, 5.74) is 0. The van der Waals surface area contributed by atoms with E-state index in [-0.39, 0.29) is 24.3 Å². The third-order valence-corrected chi connectivity index (χ3v) is 4.54. The molecule has 0 amide bonds. The highest BCUT2D eigenvalue weighted by Gasteiger charge is 2.42. The van der Waals surface area contributed by atoms with Crippen LogP contribution in [0.2, 0.25) is 0 Å². The van der Waals surface area contributed by atoms with Gasteiger partial charge >= 0.3 is 12.1 Å². The van der Waals surface area contributed by atoms with Gasteiger partial charge < -0.3 is 4.74 Å². The smallest absolute Gasteiger partial charge is 0.373 e. The van der Waals surface area contributed by atoms with Gasteiger partial charge in [0.05, 0.1) is 6.10 Å². The number of nitrogens with zero attached hydrogens (tertiary/aromatic N) is 1. The molecule has 1 unspecified atom stereocenters. The number of hydrogen-bond donors (Lipinski definition) is 0. The van der Waals surface area contributed by atoms with E-state index in [0.29, 0.717) is 18.0 Å². The van der Waals surface area contributed by atoms with Gasteiger partial charge in [0.1, 0.15) is 6.04 Å². The van der Waals surface area contributed by atoms with Gasteiger partial charge in [-0.25, -0.2) is 0 Å². The zero-order valence-corrected chi connectivity index (χ0v) is 14.2. The molecule has 0 spiro atoms. The molecule has 0 N–H and O–H groups in total. The van der Waals surface area contributed by atoms with Gasteiger partial charge in [0.25, 0.3) is 0 Å². The van der Waals surface area contributed by atoms with E-state index in [9.17, 15) is 4.79 Å². The van der Waals surface area contributed by atoms with Gasteiger partial charge in [0, 0.05) is 12.1 Å². The normalized spacial score (nSPS) is 19.8. The second-order valence-corrected chi connectivity index (χ2v) is 6.87. The van der Waals surface area contributed by atoms with Gasteiger partial charge in [-0.1, -0.05) is 26.7 Å². The molecule has 2 saturated carbocycles. The monoisotopic (exact) mass is 311 g/mol. The SMILES string of the molecule is CC(C)OC(=O)C(C(C)C)N(C1CCC1)C1CCC1.O=C=O. The zero-order valence-electron chi connectivity index (χ0n) is 14.2. The van der Waals surface area contributed by atoms with Crippen molar-refractivity contribution in [2.75, 3.05) is 0 Å². The summed E-state index contributed by atoms with van der Waals surface area (Å²) >= 11 is 0. The van der Waals surface area contributed by atoms with Crippen LogP contribution < -0.4 is 0 Å². The molecule has 0 aliphatic heterocycles. The number of rotatable bonds is 6. The second kappa shape index (κ2) is 9.06. The third kappa shape index (κ3) is 4.92. The third-order valence-electron chi connectivity index (χ3n) is 4.54. The molecule has 2 aliphatic carbocycles. The standard InChI is InChI=1S/C16H29NO2.CO2/c1-11(2)15(16(18)19-12(3)4)17(13-7-5-8-13)14-9-6-10-14;2-1-3/h11-15H,5-10H2,1-4H3;. The summed E-state index contributed by atoms with van der Waals surface area (Å²) in [6, 6.07) is 1.20. The van der Waals surface area contributed by atoms with Crippen LogP contribution in [0.15, 0.2) is 0 Å². The van der Waals surface area contributed by atoms with Gasteiger partial charge in [0.2, 0.25) is 0 Å². The van der Waals surface area contributed by atoms with Crippen LogP contribution in [0.5, 0.6) is 0 Å². The highest BCUT2D eigenvalue weighted by Crippen LogP contribution is 2.37. The van der Waals surface area contributed by atoms with Gasteiger partial charge in [-0.15, -0.1) is 0 Å². The van der Waals surface area contributed by atoms with Crippen molar-refractivity contribution in [1.82, 2.24) is 4.90 Å². The fraction of sp³-hybridized carbons (Fsp3) is 0.882. The van der Waals surface area contributed by atoms with E-state index in [1.54, 1.807) is 0 Å². The summed E-state index contributed by atoms with van der Waals surface area (Å²) in [5, 5.41) is 0. The molecule has 0 aromatic rings. The lowest BCUT2D eigenvalue weighted by Crippen LogP contribution is -2.59. The Morgan fingerprint density at radius 3 is 1.64 bits per heavy atom. The minimum absolute atomic E-state index is 0.0104. The van der Waals surface area contributed by atoms with Crippen molar-refractivity contribution in [1.29, 1.82) is 0 Å². The van der Waals surface area contributed by atoms with Crippen molar-refractivity contribution in [2.45, 2.75) is 90.4 Å². The van der Waals surface area contributed by atoms with Crippen molar-refractivity contribution >= 4 is 12.1 Å².